The first kappa shape index (κ1) is 16.7. The van der Waals surface area contributed by atoms with Gasteiger partial charge < -0.3 is 19.8 Å². The van der Waals surface area contributed by atoms with Crippen LogP contribution in [0.25, 0.3) is 0 Å². The highest BCUT2D eigenvalue weighted by Crippen LogP contribution is 2.16. The summed E-state index contributed by atoms with van der Waals surface area (Å²) < 4.78 is 0. The quantitative estimate of drug-likeness (QED) is 0.427. The molecule has 0 aromatic rings. The molecule has 0 bridgehead atoms. The molecular weight excluding hydrogens is 274 g/mol. The Morgan fingerprint density at radius 1 is 0.636 bits per heavy atom. The molecule has 22 heavy (non-hydrogen) atoms. The van der Waals surface area contributed by atoms with Crippen LogP contribution in [0.4, 0.5) is 0 Å². The van der Waals surface area contributed by atoms with E-state index < -0.39 is 0 Å². The van der Waals surface area contributed by atoms with Crippen molar-refractivity contribution in [1.82, 2.24) is 0 Å². The van der Waals surface area contributed by atoms with Crippen molar-refractivity contribution < 1.29 is 19.8 Å². The third-order valence-corrected chi connectivity index (χ3v) is 6.70. The van der Waals surface area contributed by atoms with E-state index in [1.54, 1.807) is 4.90 Å². The zero-order valence-electron chi connectivity index (χ0n) is 14.4. The summed E-state index contributed by atoms with van der Waals surface area (Å²) in [4.78, 5) is 5.44. The topological polar surface area (TPSA) is 33.6 Å². The van der Waals surface area contributed by atoms with E-state index in [4.69, 9.17) is 5.11 Å². The fourth-order valence-electron chi connectivity index (χ4n) is 5.23. The minimum absolute atomic E-state index is 0.355. The van der Waals surface area contributed by atoms with Gasteiger partial charge in [0.15, 0.2) is 0 Å². The minimum Gasteiger partial charge on any atom is -0.391 e. The van der Waals surface area contributed by atoms with Crippen LogP contribution >= 0.6 is 0 Å². The molecule has 3 aliphatic rings. The molecule has 0 spiro atoms. The van der Waals surface area contributed by atoms with Crippen LogP contribution in [0.5, 0.6) is 0 Å². The van der Waals surface area contributed by atoms with Crippen molar-refractivity contribution in [2.75, 3.05) is 52.4 Å². The molecule has 3 fully saturated rings. The van der Waals surface area contributed by atoms with E-state index in [0.717, 1.165) is 18.6 Å². The lowest BCUT2D eigenvalue weighted by molar-refractivity contribution is -1.03. The van der Waals surface area contributed by atoms with E-state index >= 15 is 0 Å². The molecule has 128 valence electrons. The highest BCUT2D eigenvalue weighted by atomic mass is 16.3. The third-order valence-electron chi connectivity index (χ3n) is 6.70. The van der Waals surface area contributed by atoms with Crippen LogP contribution < -0.4 is 14.7 Å². The van der Waals surface area contributed by atoms with Gasteiger partial charge in [-0.05, 0) is 25.7 Å². The normalized spacial score (nSPS) is 38.6. The Kier molecular flexibility index (Phi) is 6.54. The summed E-state index contributed by atoms with van der Waals surface area (Å²) in [5.74, 6) is 0. The smallest absolute Gasteiger partial charge is 0.127 e. The van der Waals surface area contributed by atoms with Crippen molar-refractivity contribution in [3.63, 3.8) is 0 Å². The molecule has 4 nitrogen and oxygen atoms in total. The molecule has 1 aliphatic carbocycles. The molecule has 2 aliphatic heterocycles. The van der Waals surface area contributed by atoms with Crippen LogP contribution in [0.2, 0.25) is 0 Å². The van der Waals surface area contributed by atoms with Gasteiger partial charge in [0.25, 0.3) is 0 Å². The summed E-state index contributed by atoms with van der Waals surface area (Å²) in [5, 5.41) is 9.08. The fourth-order valence-corrected chi connectivity index (χ4v) is 5.23. The Labute approximate surface area is 136 Å². The number of hydrogen-bond acceptors (Lipinski definition) is 1. The number of nitrogens with one attached hydrogen (secondary N) is 3. The molecule has 3 rings (SSSR count). The first-order valence-corrected chi connectivity index (χ1v) is 10.0. The van der Waals surface area contributed by atoms with Gasteiger partial charge in [-0.1, -0.05) is 12.8 Å². The van der Waals surface area contributed by atoms with E-state index in [-0.39, 0.29) is 0 Å². The van der Waals surface area contributed by atoms with E-state index in [2.05, 4.69) is 0 Å². The fraction of sp³-hybridized carbons (Fsp3) is 1.00. The molecule has 2 heterocycles. The van der Waals surface area contributed by atoms with Gasteiger partial charge in [-0.25, -0.2) is 0 Å². The zero-order valence-corrected chi connectivity index (χ0v) is 14.4. The number of piperazine rings is 1. The second-order valence-electron chi connectivity index (χ2n) is 8.00. The molecule has 4 N–H and O–H groups in total. The Morgan fingerprint density at radius 3 is 1.77 bits per heavy atom. The molecule has 0 amide bonds. The summed E-state index contributed by atoms with van der Waals surface area (Å²) >= 11 is 0. The van der Waals surface area contributed by atoms with Crippen molar-refractivity contribution >= 4 is 0 Å². The van der Waals surface area contributed by atoms with Crippen LogP contribution in [0.15, 0.2) is 0 Å². The van der Waals surface area contributed by atoms with Gasteiger partial charge in [-0.3, -0.25) is 0 Å². The first-order chi connectivity index (χ1) is 10.9. The largest absolute Gasteiger partial charge is 0.391 e. The third kappa shape index (κ3) is 4.44. The average Bonchev–Trinajstić information content (AvgIpc) is 2.85. The summed E-state index contributed by atoms with van der Waals surface area (Å²) in [6.45, 7) is 9.39. The number of likely N-dealkylation sites (tertiary alicyclic amines) is 1. The van der Waals surface area contributed by atoms with Crippen LogP contribution in [0.1, 0.15) is 51.4 Å². The van der Waals surface area contributed by atoms with E-state index in [0.29, 0.717) is 6.61 Å². The lowest BCUT2D eigenvalue weighted by atomic mass is 9.98. The van der Waals surface area contributed by atoms with E-state index in [9.17, 15) is 0 Å². The number of aliphatic hydroxyl groups is 1. The predicted molar refractivity (Wildman–Crippen MR) is 88.6 cm³/mol. The summed E-state index contributed by atoms with van der Waals surface area (Å²) in [7, 11) is 0. The molecule has 1 saturated carbocycles. The van der Waals surface area contributed by atoms with Gasteiger partial charge in [-0.2, -0.15) is 0 Å². The number of quaternary nitrogens is 3. The number of piperidine rings is 1. The first-order valence-electron chi connectivity index (χ1n) is 10.0. The van der Waals surface area contributed by atoms with Crippen LogP contribution in [0.3, 0.4) is 0 Å². The van der Waals surface area contributed by atoms with Crippen LogP contribution in [-0.4, -0.2) is 69.6 Å². The highest BCUT2D eigenvalue weighted by Gasteiger charge is 2.35. The lowest BCUT2D eigenvalue weighted by Crippen LogP contribution is -3.30. The van der Waals surface area contributed by atoms with Gasteiger partial charge in [-0.15, -0.1) is 0 Å². The van der Waals surface area contributed by atoms with Crippen molar-refractivity contribution in [3.05, 3.63) is 0 Å². The maximum Gasteiger partial charge on any atom is 0.127 e. The molecule has 0 radical (unpaired) electrons. The van der Waals surface area contributed by atoms with E-state index in [1.807, 2.05) is 9.80 Å². The number of aliphatic hydroxyl groups excluding tert-OH is 1. The summed E-state index contributed by atoms with van der Waals surface area (Å²) in [6, 6.07) is 1.93. The van der Waals surface area contributed by atoms with E-state index in [1.165, 1.54) is 90.6 Å². The molecule has 0 atom stereocenters. The van der Waals surface area contributed by atoms with Gasteiger partial charge >= 0.3 is 0 Å². The lowest BCUT2D eigenvalue weighted by Gasteiger charge is -2.39. The average molecular weight is 313 g/mol. The van der Waals surface area contributed by atoms with Gasteiger partial charge in [0.05, 0.1) is 31.8 Å². The monoisotopic (exact) mass is 312 g/mol. The van der Waals surface area contributed by atoms with Gasteiger partial charge in [0.1, 0.15) is 32.7 Å². The maximum absolute atomic E-state index is 9.08. The van der Waals surface area contributed by atoms with Crippen LogP contribution in [0, 0.1) is 0 Å². The second kappa shape index (κ2) is 8.62. The van der Waals surface area contributed by atoms with Crippen molar-refractivity contribution in [2.24, 2.45) is 0 Å². The summed E-state index contributed by atoms with van der Waals surface area (Å²) in [5.41, 5.74) is 0. The molecule has 4 heteroatoms. The summed E-state index contributed by atoms with van der Waals surface area (Å²) in [6.07, 6.45) is 11.8. The van der Waals surface area contributed by atoms with Gasteiger partial charge in [0.2, 0.25) is 0 Å². The molecule has 0 aromatic heterocycles. The number of rotatable bonds is 4. The Morgan fingerprint density at radius 2 is 1.18 bits per heavy atom. The maximum atomic E-state index is 9.08. The molecule has 0 unspecified atom stereocenters. The van der Waals surface area contributed by atoms with Crippen LogP contribution in [-0.2, 0) is 0 Å². The molecule has 0 aromatic carbocycles. The van der Waals surface area contributed by atoms with Crippen molar-refractivity contribution in [1.29, 1.82) is 0 Å². The molecular formula is C18H38N3O+3. The Balaban J connectivity index is 1.40. The van der Waals surface area contributed by atoms with Gasteiger partial charge in [0, 0.05) is 12.8 Å². The SMILES string of the molecule is OCC[NH+]1CC[NH+](C2CC[NH+](C3CCCCCC3)CC2)CC1. The van der Waals surface area contributed by atoms with Crippen molar-refractivity contribution in [3.8, 4) is 0 Å². The standard InChI is InChI=1S/C18H35N3O/c22-16-15-19-11-13-21(14-12-19)18-7-9-20(10-8-18)17-5-3-1-2-4-6-17/h17-18,22H,1-16H2/p+3. The number of hydrogen-bond donors (Lipinski definition) is 4. The minimum atomic E-state index is 0.355. The predicted octanol–water partition coefficient (Wildman–Crippen LogP) is -2.47. The zero-order chi connectivity index (χ0) is 15.2. The second-order valence-corrected chi connectivity index (χ2v) is 8.00. The molecule has 2 saturated heterocycles. The highest BCUT2D eigenvalue weighted by molar-refractivity contribution is 4.67. The van der Waals surface area contributed by atoms with Crippen molar-refractivity contribution in [2.45, 2.75) is 63.5 Å². The Bertz CT molecular complexity index is 301. The Hall–Kier alpha value is -0.160.